The van der Waals surface area contributed by atoms with E-state index in [9.17, 15) is 9.59 Å². The van der Waals surface area contributed by atoms with Gasteiger partial charge in [-0.25, -0.2) is 4.98 Å². The van der Waals surface area contributed by atoms with Crippen molar-refractivity contribution in [1.29, 1.82) is 0 Å². The number of imidazole rings is 1. The maximum atomic E-state index is 12.8. The average Bonchev–Trinajstić information content (AvgIpc) is 3.24. The van der Waals surface area contributed by atoms with Gasteiger partial charge >= 0.3 is 0 Å². The molecule has 30 heavy (non-hydrogen) atoms. The Bertz CT molecular complexity index is 1090. The van der Waals surface area contributed by atoms with Crippen LogP contribution in [0.25, 0.3) is 11.0 Å². The number of hydrogen-bond donors (Lipinski definition) is 5. The lowest BCUT2D eigenvalue weighted by molar-refractivity contribution is 0.0996. The molecule has 0 saturated heterocycles. The molecule has 0 saturated carbocycles. The van der Waals surface area contributed by atoms with E-state index >= 15 is 0 Å². The number of H-pyrrole nitrogens is 1. The molecular weight excluding hydrogens is 388 g/mol. The fourth-order valence-electron chi connectivity index (χ4n) is 3.06. The summed E-state index contributed by atoms with van der Waals surface area (Å²) in [6.07, 6.45) is 1.57. The molecule has 0 fully saturated rings. The number of anilines is 2. The van der Waals surface area contributed by atoms with Gasteiger partial charge in [0.15, 0.2) is 0 Å². The number of aromatic nitrogens is 4. The summed E-state index contributed by atoms with van der Waals surface area (Å²) in [7, 11) is 0. The number of aromatic amines is 1. The monoisotopic (exact) mass is 414 g/mol. The minimum absolute atomic E-state index is 0.185. The van der Waals surface area contributed by atoms with Gasteiger partial charge in [0.1, 0.15) is 17.0 Å². The lowest BCUT2D eigenvalue weighted by atomic mass is 10.1. The largest absolute Gasteiger partial charge is 0.491 e. The third kappa shape index (κ3) is 4.20. The first-order valence-electron chi connectivity index (χ1n) is 9.66. The molecule has 11 nitrogen and oxygen atoms in total. The van der Waals surface area contributed by atoms with Crippen molar-refractivity contribution in [2.75, 3.05) is 24.2 Å². The first kappa shape index (κ1) is 21.1. The summed E-state index contributed by atoms with van der Waals surface area (Å²) < 4.78 is 7.31. The Morgan fingerprint density at radius 3 is 2.73 bits per heavy atom. The zero-order valence-electron chi connectivity index (χ0n) is 17.0. The number of amides is 2. The number of nitrogen functional groups attached to an aromatic ring is 1. The van der Waals surface area contributed by atoms with Crippen LogP contribution in [0, 0.1) is 6.92 Å². The number of nitrogens with one attached hydrogen (secondary N) is 2. The van der Waals surface area contributed by atoms with E-state index in [4.69, 9.17) is 21.9 Å². The summed E-state index contributed by atoms with van der Waals surface area (Å²) in [5, 5.41) is 6.94. The van der Waals surface area contributed by atoms with E-state index in [1.165, 1.54) is 10.7 Å². The Kier molecular flexibility index (Phi) is 6.21. The van der Waals surface area contributed by atoms with Gasteiger partial charge in [0.2, 0.25) is 11.9 Å². The van der Waals surface area contributed by atoms with Gasteiger partial charge in [-0.2, -0.15) is 5.10 Å². The van der Waals surface area contributed by atoms with Crippen LogP contribution >= 0.6 is 0 Å². The molecule has 0 spiro atoms. The molecule has 1 aromatic carbocycles. The van der Waals surface area contributed by atoms with Gasteiger partial charge in [-0.1, -0.05) is 0 Å². The van der Waals surface area contributed by atoms with Gasteiger partial charge in [0, 0.05) is 12.1 Å². The van der Waals surface area contributed by atoms with Crippen LogP contribution in [0.3, 0.4) is 0 Å². The van der Waals surface area contributed by atoms with Crippen LogP contribution in [0.1, 0.15) is 46.3 Å². The fourth-order valence-corrected chi connectivity index (χ4v) is 3.06. The first-order chi connectivity index (χ1) is 14.3. The molecule has 0 radical (unpaired) electrons. The number of ether oxygens (including phenoxy) is 1. The first-order valence-corrected chi connectivity index (χ1v) is 9.66. The summed E-state index contributed by atoms with van der Waals surface area (Å²) >= 11 is 0. The van der Waals surface area contributed by atoms with E-state index in [1.807, 2.05) is 6.92 Å². The molecule has 0 aliphatic rings. The summed E-state index contributed by atoms with van der Waals surface area (Å²) in [5.41, 5.74) is 19.3. The number of unbranched alkanes of at least 4 members (excludes halogenated alkanes) is 1. The maximum Gasteiger partial charge on any atom is 0.278 e. The maximum absolute atomic E-state index is 12.8. The summed E-state index contributed by atoms with van der Waals surface area (Å²) in [5.74, 6) is -0.470. The normalized spacial score (nSPS) is 11.0. The molecule has 11 heteroatoms. The summed E-state index contributed by atoms with van der Waals surface area (Å²) in [4.78, 5) is 31.8. The number of aryl methyl sites for hydroxylation is 2. The molecule has 0 atom stereocenters. The molecule has 0 unspecified atom stereocenters. The summed E-state index contributed by atoms with van der Waals surface area (Å²) in [6.45, 7) is 5.07. The predicted molar refractivity (Wildman–Crippen MR) is 113 cm³/mol. The SMILES string of the molecule is CCn1nc(C)c(N)c1C(=O)Nc1nc2c(OCCCCN)cc(C(N)=O)cc2[nH]1. The highest BCUT2D eigenvalue weighted by Gasteiger charge is 2.21. The van der Waals surface area contributed by atoms with Gasteiger partial charge < -0.3 is 26.9 Å². The van der Waals surface area contributed by atoms with Gasteiger partial charge in [-0.15, -0.1) is 0 Å². The van der Waals surface area contributed by atoms with E-state index in [2.05, 4.69) is 20.4 Å². The molecule has 0 bridgehead atoms. The molecule has 8 N–H and O–H groups in total. The Morgan fingerprint density at radius 1 is 1.30 bits per heavy atom. The third-order valence-electron chi connectivity index (χ3n) is 4.61. The van der Waals surface area contributed by atoms with Crippen LogP contribution in [0.4, 0.5) is 11.6 Å². The van der Waals surface area contributed by atoms with Crippen molar-refractivity contribution in [1.82, 2.24) is 19.7 Å². The zero-order chi connectivity index (χ0) is 21.8. The van der Waals surface area contributed by atoms with Crippen molar-refractivity contribution < 1.29 is 14.3 Å². The second-order valence-electron chi connectivity index (χ2n) is 6.78. The van der Waals surface area contributed by atoms with Gasteiger partial charge in [0.05, 0.1) is 23.5 Å². The Morgan fingerprint density at radius 2 is 2.07 bits per heavy atom. The van der Waals surface area contributed by atoms with Gasteiger partial charge in [-0.05, 0) is 45.4 Å². The molecule has 2 amide bonds. The second kappa shape index (κ2) is 8.82. The molecular formula is C19H26N8O3. The second-order valence-corrected chi connectivity index (χ2v) is 6.78. The van der Waals surface area contributed by atoms with Crippen LogP contribution in [-0.2, 0) is 6.54 Å². The van der Waals surface area contributed by atoms with Crippen molar-refractivity contribution in [2.45, 2.75) is 33.2 Å². The number of fused-ring (bicyclic) bond motifs is 1. The van der Waals surface area contributed by atoms with Gasteiger partial charge in [0.25, 0.3) is 5.91 Å². The molecule has 2 heterocycles. The zero-order valence-corrected chi connectivity index (χ0v) is 17.0. The Balaban J connectivity index is 1.92. The quantitative estimate of drug-likeness (QED) is 0.325. The highest BCUT2D eigenvalue weighted by Crippen LogP contribution is 2.28. The smallest absolute Gasteiger partial charge is 0.278 e. The van der Waals surface area contributed by atoms with Crippen LogP contribution < -0.4 is 27.3 Å². The molecule has 0 aliphatic heterocycles. The number of nitrogens with zero attached hydrogens (tertiary/aromatic N) is 3. The molecule has 0 aliphatic carbocycles. The van der Waals surface area contributed by atoms with Crippen molar-refractivity contribution in [3.8, 4) is 5.75 Å². The number of carbonyl (C=O) groups excluding carboxylic acids is 2. The van der Waals surface area contributed by atoms with Crippen LogP contribution in [0.5, 0.6) is 5.75 Å². The topological polar surface area (TPSA) is 180 Å². The average molecular weight is 414 g/mol. The number of benzene rings is 1. The van der Waals surface area contributed by atoms with E-state index in [0.717, 1.165) is 12.8 Å². The highest BCUT2D eigenvalue weighted by atomic mass is 16.5. The lowest BCUT2D eigenvalue weighted by Crippen LogP contribution is -2.19. The lowest BCUT2D eigenvalue weighted by Gasteiger charge is -2.07. The van der Waals surface area contributed by atoms with Crippen LogP contribution in [0.2, 0.25) is 0 Å². The minimum atomic E-state index is -0.598. The van der Waals surface area contributed by atoms with E-state index in [1.54, 1.807) is 13.0 Å². The van der Waals surface area contributed by atoms with E-state index < -0.39 is 11.8 Å². The van der Waals surface area contributed by atoms with Crippen LogP contribution in [-0.4, -0.2) is 44.7 Å². The molecule has 3 aromatic rings. The number of carbonyl (C=O) groups is 2. The van der Waals surface area contributed by atoms with Crippen molar-refractivity contribution in [2.24, 2.45) is 11.5 Å². The Hall–Kier alpha value is -3.60. The van der Waals surface area contributed by atoms with E-state index in [-0.39, 0.29) is 17.2 Å². The Labute approximate surface area is 172 Å². The van der Waals surface area contributed by atoms with Crippen molar-refractivity contribution in [3.63, 3.8) is 0 Å². The van der Waals surface area contributed by atoms with Crippen molar-refractivity contribution >= 4 is 34.5 Å². The van der Waals surface area contributed by atoms with Crippen molar-refractivity contribution in [3.05, 3.63) is 29.1 Å². The summed E-state index contributed by atoms with van der Waals surface area (Å²) in [6, 6.07) is 3.09. The fraction of sp³-hybridized carbons (Fsp3) is 0.368. The van der Waals surface area contributed by atoms with Crippen LogP contribution in [0.15, 0.2) is 12.1 Å². The number of hydrogen-bond acceptors (Lipinski definition) is 7. The number of nitrogens with two attached hydrogens (primary N) is 3. The molecule has 160 valence electrons. The third-order valence-corrected chi connectivity index (χ3v) is 4.61. The molecule has 2 aromatic heterocycles. The van der Waals surface area contributed by atoms with E-state index in [0.29, 0.717) is 47.9 Å². The van der Waals surface area contributed by atoms with Gasteiger partial charge in [-0.3, -0.25) is 19.6 Å². The number of rotatable bonds is 9. The highest BCUT2D eigenvalue weighted by molar-refractivity contribution is 6.07. The standard InChI is InChI=1S/C19H26N8O3/c1-3-27-16(14(21)10(2)26-27)18(29)25-19-23-12-8-11(17(22)28)9-13(15(12)24-19)30-7-5-4-6-20/h8-9H,3-7,20-21H2,1-2H3,(H2,22,28)(H2,23,24,25,29). The predicted octanol–water partition coefficient (Wildman–Crippen LogP) is 1.14. The minimum Gasteiger partial charge on any atom is -0.491 e. The number of primary amides is 1. The molecule has 3 rings (SSSR count).